The summed E-state index contributed by atoms with van der Waals surface area (Å²) in [5, 5.41) is 30.4. The van der Waals surface area contributed by atoms with Gasteiger partial charge in [-0.3, -0.25) is 0 Å². The predicted octanol–water partition coefficient (Wildman–Crippen LogP) is 5.29. The minimum Gasteiger partial charge on any atom is -0.506 e. The molecule has 9 heteroatoms. The average Bonchev–Trinajstić information content (AvgIpc) is 3.06. The van der Waals surface area contributed by atoms with Crippen molar-refractivity contribution in [3.63, 3.8) is 0 Å². The number of rotatable bonds is 1. The van der Waals surface area contributed by atoms with Crippen LogP contribution >= 0.6 is 23.2 Å². The number of phenolic OH excluding ortho intramolecular Hbond substituents is 2. The second kappa shape index (κ2) is 6.54. The number of hydrogen-bond donors (Lipinski definition) is 3. The van der Waals surface area contributed by atoms with Gasteiger partial charge in [0.2, 0.25) is 0 Å². The fourth-order valence-electron chi connectivity index (χ4n) is 4.37. The molecule has 0 atom stereocenters. The van der Waals surface area contributed by atoms with Crippen molar-refractivity contribution < 1.29 is 34.4 Å². The van der Waals surface area contributed by atoms with Crippen molar-refractivity contribution in [2.75, 3.05) is 0 Å². The number of halogens is 2. The fraction of sp³-hybridized carbons (Fsp3) is 0.130. The first-order chi connectivity index (χ1) is 15.1. The normalized spacial score (nSPS) is 14.9. The number of phenols is 2. The zero-order valence-electron chi connectivity index (χ0n) is 16.6. The maximum Gasteiger partial charge on any atom is 0.340 e. The lowest BCUT2D eigenvalue weighted by atomic mass is 9.75. The molecule has 0 amide bonds. The number of benzene rings is 3. The third kappa shape index (κ3) is 2.37. The van der Waals surface area contributed by atoms with E-state index in [2.05, 4.69) is 0 Å². The van der Waals surface area contributed by atoms with Gasteiger partial charge in [0.1, 0.15) is 21.5 Å². The van der Waals surface area contributed by atoms with Crippen LogP contribution in [-0.4, -0.2) is 27.3 Å². The smallest absolute Gasteiger partial charge is 0.340 e. The monoisotopic (exact) mass is 472 g/mol. The molecular formula is C23H14Cl2O7. The molecule has 0 fully saturated rings. The van der Waals surface area contributed by atoms with Crippen molar-refractivity contribution in [2.45, 2.75) is 19.4 Å². The van der Waals surface area contributed by atoms with E-state index in [-0.39, 0.29) is 60.9 Å². The highest BCUT2D eigenvalue weighted by atomic mass is 35.5. The van der Waals surface area contributed by atoms with E-state index in [1.807, 2.05) is 0 Å². The van der Waals surface area contributed by atoms with Crippen molar-refractivity contribution in [3.8, 4) is 23.0 Å². The molecule has 2 aliphatic rings. The van der Waals surface area contributed by atoms with Gasteiger partial charge < -0.3 is 24.8 Å². The molecule has 1 spiro atoms. The SMILES string of the molecule is Cc1cc2c(c(Cl)c1O)Oc1c(cc(C)c(O)c1Cl)C21OC(=O)c2cccc(C(=O)O)c21. The zero-order valence-corrected chi connectivity index (χ0v) is 18.1. The Morgan fingerprint density at radius 3 is 2.00 bits per heavy atom. The van der Waals surface area contributed by atoms with Crippen molar-refractivity contribution in [1.82, 2.24) is 0 Å². The van der Waals surface area contributed by atoms with Crippen LogP contribution in [0.2, 0.25) is 10.0 Å². The van der Waals surface area contributed by atoms with E-state index in [1.165, 1.54) is 30.3 Å². The molecule has 7 nitrogen and oxygen atoms in total. The lowest BCUT2D eigenvalue weighted by Gasteiger charge is -2.38. The topological polar surface area (TPSA) is 113 Å². The lowest BCUT2D eigenvalue weighted by molar-refractivity contribution is 0.0218. The van der Waals surface area contributed by atoms with Crippen LogP contribution in [0.15, 0.2) is 30.3 Å². The molecule has 3 N–H and O–H groups in total. The van der Waals surface area contributed by atoms with E-state index in [4.69, 9.17) is 32.7 Å². The minimum atomic E-state index is -1.78. The van der Waals surface area contributed by atoms with Gasteiger partial charge in [0.15, 0.2) is 17.1 Å². The first kappa shape index (κ1) is 20.5. The quantitative estimate of drug-likeness (QED) is 0.412. The largest absolute Gasteiger partial charge is 0.506 e. The number of carboxylic acid groups (broad SMARTS) is 1. The van der Waals surface area contributed by atoms with E-state index >= 15 is 0 Å². The van der Waals surface area contributed by atoms with Gasteiger partial charge in [0, 0.05) is 16.7 Å². The van der Waals surface area contributed by atoms with Gasteiger partial charge in [-0.05, 0) is 49.2 Å². The third-order valence-electron chi connectivity index (χ3n) is 5.85. The van der Waals surface area contributed by atoms with Crippen LogP contribution in [0.3, 0.4) is 0 Å². The average molecular weight is 473 g/mol. The second-order valence-electron chi connectivity index (χ2n) is 7.67. The van der Waals surface area contributed by atoms with Crippen LogP contribution in [0.1, 0.15) is 48.5 Å². The number of aryl methyl sites for hydroxylation is 2. The van der Waals surface area contributed by atoms with E-state index in [9.17, 15) is 24.9 Å². The first-order valence-corrected chi connectivity index (χ1v) is 10.2. The highest BCUT2D eigenvalue weighted by Crippen LogP contribution is 2.62. The Morgan fingerprint density at radius 1 is 0.969 bits per heavy atom. The van der Waals surface area contributed by atoms with Crippen molar-refractivity contribution in [1.29, 1.82) is 0 Å². The molecule has 0 saturated carbocycles. The summed E-state index contributed by atoms with van der Waals surface area (Å²) in [4.78, 5) is 25.1. The fourth-order valence-corrected chi connectivity index (χ4v) is 4.95. The summed E-state index contributed by atoms with van der Waals surface area (Å²) in [6, 6.07) is 7.34. The number of esters is 1. The minimum absolute atomic E-state index is 0.0618. The van der Waals surface area contributed by atoms with E-state index in [0.29, 0.717) is 11.1 Å². The van der Waals surface area contributed by atoms with Crippen LogP contribution in [0.25, 0.3) is 0 Å². The van der Waals surface area contributed by atoms with Gasteiger partial charge in [0.25, 0.3) is 0 Å². The Bertz CT molecular complexity index is 1330. The molecule has 0 bridgehead atoms. The van der Waals surface area contributed by atoms with E-state index < -0.39 is 17.5 Å². The number of carbonyl (C=O) groups is 2. The van der Waals surface area contributed by atoms with E-state index in [0.717, 1.165) is 0 Å². The van der Waals surface area contributed by atoms with Gasteiger partial charge in [-0.25, -0.2) is 9.59 Å². The number of aromatic carboxylic acids is 1. The lowest BCUT2D eigenvalue weighted by Crippen LogP contribution is -2.35. The van der Waals surface area contributed by atoms with Gasteiger partial charge in [-0.1, -0.05) is 29.3 Å². The number of carboxylic acids is 1. The van der Waals surface area contributed by atoms with Crippen LogP contribution in [-0.2, 0) is 10.3 Å². The molecule has 5 rings (SSSR count). The second-order valence-corrected chi connectivity index (χ2v) is 8.43. The summed E-state index contributed by atoms with van der Waals surface area (Å²) in [7, 11) is 0. The summed E-state index contributed by atoms with van der Waals surface area (Å²) in [6.07, 6.45) is 0. The molecular weight excluding hydrogens is 459 g/mol. The third-order valence-corrected chi connectivity index (χ3v) is 6.55. The number of carbonyl (C=O) groups excluding carboxylic acids is 1. The van der Waals surface area contributed by atoms with Crippen LogP contribution in [0.5, 0.6) is 23.0 Å². The summed E-state index contributed by atoms with van der Waals surface area (Å²) >= 11 is 12.8. The Kier molecular flexibility index (Phi) is 4.19. The molecule has 2 aliphatic heterocycles. The number of hydrogen-bond acceptors (Lipinski definition) is 6. The number of fused-ring (bicyclic) bond motifs is 6. The summed E-state index contributed by atoms with van der Waals surface area (Å²) < 4.78 is 11.9. The Labute approximate surface area is 191 Å². The van der Waals surface area contributed by atoms with Crippen molar-refractivity contribution in [2.24, 2.45) is 0 Å². The molecule has 0 saturated heterocycles. The number of ether oxygens (including phenoxy) is 2. The maximum absolute atomic E-state index is 13.0. The highest BCUT2D eigenvalue weighted by Gasteiger charge is 2.57. The van der Waals surface area contributed by atoms with Gasteiger partial charge in [-0.15, -0.1) is 0 Å². The molecule has 162 valence electrons. The molecule has 3 aromatic rings. The summed E-state index contributed by atoms with van der Waals surface area (Å²) in [5.41, 5.74) is -0.611. The van der Waals surface area contributed by atoms with Gasteiger partial charge in [-0.2, -0.15) is 0 Å². The molecule has 2 heterocycles. The molecule has 0 radical (unpaired) electrons. The molecule has 0 aliphatic carbocycles. The maximum atomic E-state index is 13.0. The standard InChI is InChI=1S/C23H14Cl2O7/c1-8-6-12-19(15(24)17(8)26)31-20-13(7-9(2)18(27)16(20)25)23(12)14-10(21(28)29)4-3-5-11(14)22(30)32-23/h3-7,26-27H,1-2H3,(H,28,29). The zero-order chi connectivity index (χ0) is 23.1. The Morgan fingerprint density at radius 2 is 1.50 bits per heavy atom. The molecule has 0 unspecified atom stereocenters. The Balaban J connectivity index is 2.03. The van der Waals surface area contributed by atoms with Gasteiger partial charge in [0.05, 0.1) is 11.1 Å². The van der Waals surface area contributed by atoms with Gasteiger partial charge >= 0.3 is 11.9 Å². The summed E-state index contributed by atoms with van der Waals surface area (Å²) in [5.74, 6) is -2.65. The first-order valence-electron chi connectivity index (χ1n) is 9.42. The van der Waals surface area contributed by atoms with Crippen LogP contribution in [0.4, 0.5) is 0 Å². The number of aromatic hydroxyl groups is 2. The van der Waals surface area contributed by atoms with Crippen LogP contribution < -0.4 is 4.74 Å². The Hall–Kier alpha value is -3.42. The summed E-state index contributed by atoms with van der Waals surface area (Å²) in [6.45, 7) is 3.20. The molecule has 3 aromatic carbocycles. The highest BCUT2D eigenvalue weighted by molar-refractivity contribution is 6.35. The van der Waals surface area contributed by atoms with Crippen LogP contribution in [0, 0.1) is 13.8 Å². The van der Waals surface area contributed by atoms with Crippen molar-refractivity contribution >= 4 is 35.1 Å². The predicted molar refractivity (Wildman–Crippen MR) is 114 cm³/mol. The van der Waals surface area contributed by atoms with Crippen molar-refractivity contribution in [3.05, 3.63) is 79.3 Å². The van der Waals surface area contributed by atoms with E-state index in [1.54, 1.807) is 13.8 Å². The molecule has 0 aromatic heterocycles. The molecule has 32 heavy (non-hydrogen) atoms.